The number of halogens is 2. The maximum absolute atomic E-state index is 13.3. The van der Waals surface area contributed by atoms with Crippen LogP contribution in [0.1, 0.15) is 5.56 Å². The maximum atomic E-state index is 13.3. The molecule has 0 saturated heterocycles. The third-order valence-electron chi connectivity index (χ3n) is 2.13. The average Bonchev–Trinajstić information content (AvgIpc) is 2.32. The topological polar surface area (TPSA) is 33.0 Å². The highest BCUT2D eigenvalue weighted by Crippen LogP contribution is 2.28. The Bertz CT molecular complexity index is 592. The second kappa shape index (κ2) is 4.98. The van der Waals surface area contributed by atoms with Gasteiger partial charge in [0.25, 0.3) is 0 Å². The molecule has 0 radical (unpaired) electrons. The molecule has 0 aromatic heterocycles. The summed E-state index contributed by atoms with van der Waals surface area (Å²) in [5.41, 5.74) is 0.505. The van der Waals surface area contributed by atoms with Crippen LogP contribution in [-0.2, 0) is 0 Å². The van der Waals surface area contributed by atoms with Gasteiger partial charge in [-0.15, -0.1) is 0 Å². The molecule has 2 rings (SSSR count). The third kappa shape index (κ3) is 2.63. The average molecular weight is 292 g/mol. The van der Waals surface area contributed by atoms with Crippen LogP contribution in [0.25, 0.3) is 0 Å². The van der Waals surface area contributed by atoms with Crippen molar-refractivity contribution in [1.82, 2.24) is 0 Å². The Morgan fingerprint density at radius 2 is 1.94 bits per heavy atom. The molecule has 0 atom stereocenters. The van der Waals surface area contributed by atoms with Crippen LogP contribution >= 0.6 is 15.9 Å². The Labute approximate surface area is 106 Å². The zero-order valence-corrected chi connectivity index (χ0v) is 10.2. The quantitative estimate of drug-likeness (QED) is 0.828. The first-order valence-corrected chi connectivity index (χ1v) is 5.62. The van der Waals surface area contributed by atoms with E-state index >= 15 is 0 Å². The molecule has 0 aliphatic rings. The first-order chi connectivity index (χ1) is 8.20. The molecular formula is C13H7BrFNO. The number of nitrogens with zero attached hydrogens (tertiary/aromatic N) is 1. The minimum atomic E-state index is -0.423. The largest absolute Gasteiger partial charge is 0.454 e. The molecule has 2 aromatic rings. The summed E-state index contributed by atoms with van der Waals surface area (Å²) in [6.07, 6.45) is 0. The van der Waals surface area contributed by atoms with Gasteiger partial charge in [0.15, 0.2) is 11.6 Å². The number of rotatable bonds is 2. The first-order valence-electron chi connectivity index (χ1n) is 4.83. The van der Waals surface area contributed by atoms with E-state index in [2.05, 4.69) is 15.9 Å². The zero-order valence-electron chi connectivity index (χ0n) is 8.65. The normalized spacial score (nSPS) is 9.71. The van der Waals surface area contributed by atoms with Crippen LogP contribution in [0.5, 0.6) is 11.5 Å². The van der Waals surface area contributed by atoms with Gasteiger partial charge in [-0.05, 0) is 46.3 Å². The van der Waals surface area contributed by atoms with E-state index in [1.165, 1.54) is 6.07 Å². The summed E-state index contributed by atoms with van der Waals surface area (Å²) in [5.74, 6) is 0.207. The molecule has 0 saturated carbocycles. The number of benzene rings is 2. The lowest BCUT2D eigenvalue weighted by Crippen LogP contribution is -1.88. The van der Waals surface area contributed by atoms with Gasteiger partial charge in [0, 0.05) is 4.47 Å². The lowest BCUT2D eigenvalue weighted by atomic mass is 10.2. The van der Waals surface area contributed by atoms with Crippen molar-refractivity contribution < 1.29 is 9.13 Å². The van der Waals surface area contributed by atoms with E-state index < -0.39 is 5.82 Å². The smallest absolute Gasteiger partial charge is 0.165 e. The van der Waals surface area contributed by atoms with Gasteiger partial charge < -0.3 is 4.74 Å². The van der Waals surface area contributed by atoms with E-state index in [-0.39, 0.29) is 5.75 Å². The highest BCUT2D eigenvalue weighted by molar-refractivity contribution is 9.10. The van der Waals surface area contributed by atoms with Crippen molar-refractivity contribution in [3.05, 3.63) is 58.3 Å². The minimum absolute atomic E-state index is 0.157. The van der Waals surface area contributed by atoms with Crippen molar-refractivity contribution in [2.75, 3.05) is 0 Å². The fraction of sp³-hybridized carbons (Fsp3) is 0. The first kappa shape index (κ1) is 11.6. The van der Waals surface area contributed by atoms with Crippen LogP contribution in [0.3, 0.4) is 0 Å². The van der Waals surface area contributed by atoms with Crippen molar-refractivity contribution in [3.63, 3.8) is 0 Å². The lowest BCUT2D eigenvalue weighted by molar-refractivity contribution is 0.442. The van der Waals surface area contributed by atoms with Crippen molar-refractivity contribution in [2.24, 2.45) is 0 Å². The fourth-order valence-corrected chi connectivity index (χ4v) is 1.75. The molecule has 84 valence electrons. The van der Waals surface area contributed by atoms with E-state index in [9.17, 15) is 4.39 Å². The Morgan fingerprint density at radius 3 is 2.59 bits per heavy atom. The number of nitriles is 1. The number of para-hydroxylation sites is 1. The fourth-order valence-electron chi connectivity index (χ4n) is 1.30. The molecule has 2 aromatic carbocycles. The summed E-state index contributed by atoms with van der Waals surface area (Å²) in [6, 6.07) is 13.0. The molecule has 4 heteroatoms. The molecule has 0 unspecified atom stereocenters. The second-order valence-electron chi connectivity index (χ2n) is 3.29. The molecule has 0 N–H and O–H groups in total. The molecule has 0 heterocycles. The van der Waals surface area contributed by atoms with Crippen LogP contribution in [0.4, 0.5) is 4.39 Å². The summed E-state index contributed by atoms with van der Waals surface area (Å²) in [4.78, 5) is 0. The van der Waals surface area contributed by atoms with E-state index in [1.54, 1.807) is 36.4 Å². The van der Waals surface area contributed by atoms with E-state index in [0.717, 1.165) is 0 Å². The summed E-state index contributed by atoms with van der Waals surface area (Å²) >= 11 is 3.24. The second-order valence-corrected chi connectivity index (χ2v) is 4.14. The molecular weight excluding hydrogens is 285 g/mol. The predicted octanol–water partition coefficient (Wildman–Crippen LogP) is 4.25. The Kier molecular flexibility index (Phi) is 3.40. The van der Waals surface area contributed by atoms with Gasteiger partial charge in [-0.1, -0.05) is 12.1 Å². The molecule has 0 bridgehead atoms. The molecule has 0 spiro atoms. The molecule has 2 nitrogen and oxygen atoms in total. The monoisotopic (exact) mass is 291 g/mol. The van der Waals surface area contributed by atoms with Crippen LogP contribution in [-0.4, -0.2) is 0 Å². The molecule has 0 aliphatic carbocycles. The van der Waals surface area contributed by atoms with Gasteiger partial charge >= 0.3 is 0 Å². The van der Waals surface area contributed by atoms with Crippen LogP contribution in [0, 0.1) is 17.1 Å². The molecule has 0 fully saturated rings. The zero-order chi connectivity index (χ0) is 12.3. The number of hydrogen-bond donors (Lipinski definition) is 0. The highest BCUT2D eigenvalue weighted by Gasteiger charge is 2.05. The number of hydrogen-bond acceptors (Lipinski definition) is 2. The van der Waals surface area contributed by atoms with Crippen LogP contribution < -0.4 is 4.74 Å². The third-order valence-corrected chi connectivity index (χ3v) is 2.78. The summed E-state index contributed by atoms with van der Waals surface area (Å²) in [5, 5.41) is 8.76. The van der Waals surface area contributed by atoms with Crippen LogP contribution in [0.2, 0.25) is 0 Å². The van der Waals surface area contributed by atoms with Gasteiger partial charge in [-0.2, -0.15) is 5.26 Å². The predicted molar refractivity (Wildman–Crippen MR) is 65.3 cm³/mol. The Balaban J connectivity index is 2.29. The maximum Gasteiger partial charge on any atom is 0.165 e. The molecule has 0 amide bonds. The lowest BCUT2D eigenvalue weighted by Gasteiger charge is -2.07. The number of ether oxygens (including phenoxy) is 1. The van der Waals surface area contributed by atoms with E-state index in [1.807, 2.05) is 6.07 Å². The minimum Gasteiger partial charge on any atom is -0.454 e. The van der Waals surface area contributed by atoms with Crippen LogP contribution in [0.15, 0.2) is 46.9 Å². The van der Waals surface area contributed by atoms with Gasteiger partial charge in [-0.25, -0.2) is 4.39 Å². The summed E-state index contributed by atoms with van der Waals surface area (Å²) in [6.45, 7) is 0. The Hall–Kier alpha value is -1.86. The summed E-state index contributed by atoms with van der Waals surface area (Å²) in [7, 11) is 0. The van der Waals surface area contributed by atoms with Crippen molar-refractivity contribution >= 4 is 15.9 Å². The molecule has 0 aliphatic heterocycles. The molecule has 17 heavy (non-hydrogen) atoms. The van der Waals surface area contributed by atoms with E-state index in [4.69, 9.17) is 10.00 Å². The van der Waals surface area contributed by atoms with Gasteiger partial charge in [-0.3, -0.25) is 0 Å². The Morgan fingerprint density at radius 1 is 1.18 bits per heavy atom. The van der Waals surface area contributed by atoms with Gasteiger partial charge in [0.1, 0.15) is 11.8 Å². The standard InChI is InChI=1S/C13H7BrFNO/c14-11-7-10(6-5-9(11)8-16)17-13-4-2-1-3-12(13)15/h1-7H. The van der Waals surface area contributed by atoms with Gasteiger partial charge in [0.2, 0.25) is 0 Å². The van der Waals surface area contributed by atoms with Crippen molar-refractivity contribution in [2.45, 2.75) is 0 Å². The van der Waals surface area contributed by atoms with Gasteiger partial charge in [0.05, 0.1) is 5.56 Å². The SMILES string of the molecule is N#Cc1ccc(Oc2ccccc2F)cc1Br. The highest BCUT2D eigenvalue weighted by atomic mass is 79.9. The van der Waals surface area contributed by atoms with Crippen molar-refractivity contribution in [1.29, 1.82) is 5.26 Å². The van der Waals surface area contributed by atoms with E-state index in [0.29, 0.717) is 15.8 Å². The summed E-state index contributed by atoms with van der Waals surface area (Å²) < 4.78 is 19.3. The van der Waals surface area contributed by atoms with Crippen molar-refractivity contribution in [3.8, 4) is 17.6 Å².